The van der Waals surface area contributed by atoms with E-state index in [0.717, 1.165) is 31.5 Å². The third-order valence-corrected chi connectivity index (χ3v) is 3.64. The third-order valence-electron chi connectivity index (χ3n) is 3.64. The zero-order valence-corrected chi connectivity index (χ0v) is 11.7. The molecule has 0 aliphatic carbocycles. The number of anilines is 1. The summed E-state index contributed by atoms with van der Waals surface area (Å²) in [5, 5.41) is 0. The van der Waals surface area contributed by atoms with Gasteiger partial charge in [-0.2, -0.15) is 0 Å². The summed E-state index contributed by atoms with van der Waals surface area (Å²) in [6.07, 6.45) is 2.96. The lowest BCUT2D eigenvalue weighted by Gasteiger charge is -2.35. The molecule has 1 aromatic rings. The molecule has 2 N–H and O–H groups in total. The smallest absolute Gasteiger partial charge is 0.146 e. The van der Waals surface area contributed by atoms with E-state index in [-0.39, 0.29) is 18.0 Å². The van der Waals surface area contributed by atoms with Gasteiger partial charge >= 0.3 is 0 Å². The van der Waals surface area contributed by atoms with Crippen molar-refractivity contribution < 1.29 is 9.13 Å². The Labute approximate surface area is 114 Å². The number of methoxy groups -OCH3 is 1. The third kappa shape index (κ3) is 3.45. The molecule has 1 heterocycles. The lowest BCUT2D eigenvalue weighted by atomic mass is 10.0. The van der Waals surface area contributed by atoms with E-state index in [4.69, 9.17) is 10.5 Å². The lowest BCUT2D eigenvalue weighted by Crippen LogP contribution is -2.40. The van der Waals surface area contributed by atoms with E-state index < -0.39 is 0 Å². The Hall–Kier alpha value is -1.13. The Balaban J connectivity index is 2.26. The average Bonchev–Trinajstić information content (AvgIpc) is 2.38. The molecule has 0 saturated carbocycles. The largest absolute Gasteiger partial charge is 0.380 e. The summed E-state index contributed by atoms with van der Waals surface area (Å²) in [5.41, 5.74) is 7.56. The number of para-hydroxylation sites is 1. The second kappa shape index (κ2) is 6.35. The van der Waals surface area contributed by atoms with Gasteiger partial charge in [-0.1, -0.05) is 12.1 Å². The van der Waals surface area contributed by atoms with Gasteiger partial charge in [-0.3, -0.25) is 0 Å². The molecule has 106 valence electrons. The van der Waals surface area contributed by atoms with Crippen LogP contribution >= 0.6 is 0 Å². The van der Waals surface area contributed by atoms with Crippen LogP contribution in [-0.4, -0.2) is 32.3 Å². The molecule has 3 nitrogen and oxygen atoms in total. The van der Waals surface area contributed by atoms with Crippen LogP contribution in [-0.2, 0) is 11.2 Å². The van der Waals surface area contributed by atoms with Gasteiger partial charge in [-0.15, -0.1) is 0 Å². The van der Waals surface area contributed by atoms with Gasteiger partial charge in [0.25, 0.3) is 0 Å². The van der Waals surface area contributed by atoms with Crippen molar-refractivity contribution in [2.75, 3.05) is 25.1 Å². The first-order chi connectivity index (χ1) is 9.11. The zero-order valence-electron chi connectivity index (χ0n) is 11.7. The second-order valence-electron chi connectivity index (χ2n) is 5.37. The highest BCUT2D eigenvalue weighted by Gasteiger charge is 2.23. The summed E-state index contributed by atoms with van der Waals surface area (Å²) in [7, 11) is 1.72. The van der Waals surface area contributed by atoms with E-state index in [2.05, 4.69) is 4.90 Å². The fourth-order valence-electron chi connectivity index (χ4n) is 2.76. The summed E-state index contributed by atoms with van der Waals surface area (Å²) in [5.74, 6) is -0.157. The summed E-state index contributed by atoms with van der Waals surface area (Å²) in [6.45, 7) is 3.58. The fraction of sp³-hybridized carbons (Fsp3) is 0.600. The topological polar surface area (TPSA) is 38.5 Å². The van der Waals surface area contributed by atoms with Crippen LogP contribution in [0.1, 0.15) is 25.3 Å². The SMILES string of the molecule is COC1CCCN(c2c(F)cccc2CC(C)N)C1. The molecule has 0 bridgehead atoms. The minimum atomic E-state index is -0.157. The van der Waals surface area contributed by atoms with Crippen LogP contribution in [0.3, 0.4) is 0 Å². The summed E-state index contributed by atoms with van der Waals surface area (Å²) < 4.78 is 19.6. The number of ether oxygens (including phenoxy) is 1. The number of nitrogens with two attached hydrogens (primary N) is 1. The molecule has 1 fully saturated rings. The van der Waals surface area contributed by atoms with Crippen molar-refractivity contribution in [2.45, 2.75) is 38.3 Å². The highest BCUT2D eigenvalue weighted by atomic mass is 19.1. The van der Waals surface area contributed by atoms with Crippen molar-refractivity contribution in [1.29, 1.82) is 0 Å². The summed E-state index contributed by atoms with van der Waals surface area (Å²) in [4.78, 5) is 2.10. The molecule has 2 rings (SSSR count). The molecule has 2 unspecified atom stereocenters. The summed E-state index contributed by atoms with van der Waals surface area (Å²) >= 11 is 0. The molecule has 0 radical (unpaired) electrons. The highest BCUT2D eigenvalue weighted by molar-refractivity contribution is 5.55. The van der Waals surface area contributed by atoms with Crippen LogP contribution < -0.4 is 10.6 Å². The Bertz CT molecular complexity index is 423. The average molecular weight is 266 g/mol. The van der Waals surface area contributed by atoms with Crippen LogP contribution in [0, 0.1) is 5.82 Å². The summed E-state index contributed by atoms with van der Waals surface area (Å²) in [6, 6.07) is 5.28. The van der Waals surface area contributed by atoms with E-state index in [1.54, 1.807) is 13.2 Å². The van der Waals surface area contributed by atoms with E-state index in [1.165, 1.54) is 6.07 Å². The lowest BCUT2D eigenvalue weighted by molar-refractivity contribution is 0.0891. The van der Waals surface area contributed by atoms with Crippen molar-refractivity contribution >= 4 is 5.69 Å². The van der Waals surface area contributed by atoms with Crippen molar-refractivity contribution in [3.05, 3.63) is 29.6 Å². The first kappa shape index (κ1) is 14.3. The van der Waals surface area contributed by atoms with Crippen molar-refractivity contribution in [2.24, 2.45) is 5.73 Å². The van der Waals surface area contributed by atoms with Crippen LogP contribution in [0.4, 0.5) is 10.1 Å². The molecular weight excluding hydrogens is 243 g/mol. The maximum Gasteiger partial charge on any atom is 0.146 e. The number of hydrogen-bond acceptors (Lipinski definition) is 3. The van der Waals surface area contributed by atoms with Gasteiger partial charge in [0.05, 0.1) is 11.8 Å². The van der Waals surface area contributed by atoms with E-state index >= 15 is 0 Å². The molecular formula is C15H23FN2O. The van der Waals surface area contributed by atoms with Crippen LogP contribution in [0.2, 0.25) is 0 Å². The minimum Gasteiger partial charge on any atom is -0.380 e. The quantitative estimate of drug-likeness (QED) is 0.909. The molecule has 0 aromatic heterocycles. The molecule has 2 atom stereocenters. The standard InChI is InChI=1S/C15H23FN2O/c1-11(17)9-12-5-3-7-14(16)15(12)18-8-4-6-13(10-18)19-2/h3,5,7,11,13H,4,6,8-10,17H2,1-2H3. The number of hydrogen-bond donors (Lipinski definition) is 1. The number of nitrogens with zero attached hydrogens (tertiary/aromatic N) is 1. The number of piperidine rings is 1. The van der Waals surface area contributed by atoms with Gasteiger partial charge in [0.1, 0.15) is 5.82 Å². The molecule has 0 amide bonds. The van der Waals surface area contributed by atoms with Crippen molar-refractivity contribution in [1.82, 2.24) is 0 Å². The Kier molecular flexibility index (Phi) is 4.77. The Morgan fingerprint density at radius 3 is 3.00 bits per heavy atom. The number of rotatable bonds is 4. The first-order valence-corrected chi connectivity index (χ1v) is 6.92. The van der Waals surface area contributed by atoms with Gasteiger partial charge in [0.15, 0.2) is 0 Å². The predicted molar refractivity (Wildman–Crippen MR) is 76.0 cm³/mol. The molecule has 4 heteroatoms. The van der Waals surface area contributed by atoms with Crippen LogP contribution in [0.15, 0.2) is 18.2 Å². The Morgan fingerprint density at radius 2 is 2.32 bits per heavy atom. The molecule has 1 aromatic carbocycles. The number of benzene rings is 1. The van der Waals surface area contributed by atoms with Gasteiger partial charge in [-0.05, 0) is 37.8 Å². The van der Waals surface area contributed by atoms with Gasteiger partial charge in [0.2, 0.25) is 0 Å². The van der Waals surface area contributed by atoms with Gasteiger partial charge < -0.3 is 15.4 Å². The van der Waals surface area contributed by atoms with Gasteiger partial charge in [-0.25, -0.2) is 4.39 Å². The zero-order chi connectivity index (χ0) is 13.8. The maximum absolute atomic E-state index is 14.2. The Morgan fingerprint density at radius 1 is 1.53 bits per heavy atom. The monoisotopic (exact) mass is 266 g/mol. The highest BCUT2D eigenvalue weighted by Crippen LogP contribution is 2.28. The fourth-order valence-corrected chi connectivity index (χ4v) is 2.76. The number of halogens is 1. The van der Waals surface area contributed by atoms with Gasteiger partial charge in [0, 0.05) is 26.2 Å². The molecule has 1 aliphatic heterocycles. The van der Waals surface area contributed by atoms with Crippen molar-refractivity contribution in [3.8, 4) is 0 Å². The van der Waals surface area contributed by atoms with E-state index in [0.29, 0.717) is 12.1 Å². The van der Waals surface area contributed by atoms with Crippen molar-refractivity contribution in [3.63, 3.8) is 0 Å². The normalized spacial score (nSPS) is 21.5. The molecule has 0 spiro atoms. The first-order valence-electron chi connectivity index (χ1n) is 6.92. The van der Waals surface area contributed by atoms with E-state index in [9.17, 15) is 4.39 Å². The second-order valence-corrected chi connectivity index (χ2v) is 5.37. The molecule has 1 saturated heterocycles. The van der Waals surface area contributed by atoms with Crippen LogP contribution in [0.25, 0.3) is 0 Å². The van der Waals surface area contributed by atoms with Crippen LogP contribution in [0.5, 0.6) is 0 Å². The molecule has 19 heavy (non-hydrogen) atoms. The minimum absolute atomic E-state index is 0.0311. The van der Waals surface area contributed by atoms with E-state index in [1.807, 2.05) is 13.0 Å². The molecule has 1 aliphatic rings. The maximum atomic E-state index is 14.2. The predicted octanol–water partition coefficient (Wildman–Crippen LogP) is 2.33.